The third-order valence-corrected chi connectivity index (χ3v) is 4.34. The minimum absolute atomic E-state index is 0.0465. The third-order valence-electron chi connectivity index (χ3n) is 4.34. The number of fused-ring (bicyclic) bond motifs is 1. The van der Waals surface area contributed by atoms with Crippen LogP contribution in [0.4, 0.5) is 0 Å². The number of nitrogens with one attached hydrogen (secondary N) is 1. The highest BCUT2D eigenvalue weighted by molar-refractivity contribution is 5.75. The lowest BCUT2D eigenvalue weighted by Gasteiger charge is -2.23. The summed E-state index contributed by atoms with van der Waals surface area (Å²) in [6, 6.07) is 7.65. The minimum Gasteiger partial charge on any atom is -0.312 e. The molecule has 3 rings (SSSR count). The van der Waals surface area contributed by atoms with Crippen molar-refractivity contribution in [2.75, 3.05) is 6.54 Å². The van der Waals surface area contributed by atoms with Gasteiger partial charge < -0.3 is 9.88 Å². The summed E-state index contributed by atoms with van der Waals surface area (Å²) in [5.41, 5.74) is 1.91. The van der Waals surface area contributed by atoms with Gasteiger partial charge in [-0.1, -0.05) is 19.3 Å². The Hall–Kier alpha value is -2.19. The molecule has 1 aliphatic carbocycles. The Balaban J connectivity index is 1.78. The first kappa shape index (κ1) is 14.7. The first-order valence-corrected chi connectivity index (χ1v) is 7.91. The van der Waals surface area contributed by atoms with Crippen molar-refractivity contribution in [3.05, 3.63) is 40.3 Å². The second-order valence-corrected chi connectivity index (χ2v) is 5.85. The number of aromatic nitrogens is 2. The Morgan fingerprint density at radius 2 is 2.14 bits per heavy atom. The summed E-state index contributed by atoms with van der Waals surface area (Å²) in [7, 11) is 0. The van der Waals surface area contributed by atoms with Gasteiger partial charge >= 0.3 is 0 Å². The second-order valence-electron chi connectivity index (χ2n) is 5.85. The maximum atomic E-state index is 12.1. The van der Waals surface area contributed by atoms with Crippen molar-refractivity contribution in [3.63, 3.8) is 0 Å². The van der Waals surface area contributed by atoms with Crippen molar-refractivity contribution in [1.29, 1.82) is 5.26 Å². The fraction of sp³-hybridized carbons (Fsp3) is 0.471. The van der Waals surface area contributed by atoms with Crippen LogP contribution in [-0.4, -0.2) is 22.1 Å². The lowest BCUT2D eigenvalue weighted by atomic mass is 9.95. The first-order chi connectivity index (χ1) is 10.8. The molecule has 0 radical (unpaired) electrons. The maximum Gasteiger partial charge on any atom is 0.251 e. The van der Waals surface area contributed by atoms with Gasteiger partial charge in [0.05, 0.1) is 16.6 Å². The molecular formula is C17H20N4O. The fourth-order valence-corrected chi connectivity index (χ4v) is 3.15. The van der Waals surface area contributed by atoms with Crippen LogP contribution >= 0.6 is 0 Å². The van der Waals surface area contributed by atoms with Crippen LogP contribution in [0.25, 0.3) is 11.0 Å². The van der Waals surface area contributed by atoms with Crippen LogP contribution in [0.5, 0.6) is 0 Å². The quantitative estimate of drug-likeness (QED) is 0.939. The summed E-state index contributed by atoms with van der Waals surface area (Å²) in [6.45, 7) is 1.36. The van der Waals surface area contributed by atoms with Crippen LogP contribution in [0.1, 0.15) is 37.7 Å². The molecule has 0 aliphatic heterocycles. The van der Waals surface area contributed by atoms with Crippen molar-refractivity contribution in [2.45, 2.75) is 44.7 Å². The summed E-state index contributed by atoms with van der Waals surface area (Å²) < 4.78 is 1.71. The zero-order valence-electron chi connectivity index (χ0n) is 12.6. The maximum absolute atomic E-state index is 12.1. The van der Waals surface area contributed by atoms with Crippen molar-refractivity contribution >= 4 is 11.0 Å². The molecule has 0 atom stereocenters. The van der Waals surface area contributed by atoms with Crippen LogP contribution in [-0.2, 0) is 6.54 Å². The van der Waals surface area contributed by atoms with E-state index >= 15 is 0 Å². The average molecular weight is 296 g/mol. The van der Waals surface area contributed by atoms with E-state index < -0.39 is 0 Å². The molecule has 0 unspecified atom stereocenters. The van der Waals surface area contributed by atoms with Gasteiger partial charge in [0.25, 0.3) is 5.56 Å². The van der Waals surface area contributed by atoms with E-state index in [0.29, 0.717) is 18.2 Å². The van der Waals surface area contributed by atoms with Crippen LogP contribution in [0.15, 0.2) is 29.2 Å². The molecule has 1 saturated carbocycles. The molecule has 0 amide bonds. The summed E-state index contributed by atoms with van der Waals surface area (Å²) in [5, 5.41) is 12.6. The minimum atomic E-state index is -0.0465. The average Bonchev–Trinajstić information content (AvgIpc) is 2.57. The Bertz CT molecular complexity index is 753. The van der Waals surface area contributed by atoms with Gasteiger partial charge in [-0.15, -0.1) is 0 Å². The monoisotopic (exact) mass is 296 g/mol. The van der Waals surface area contributed by atoms with Crippen LogP contribution < -0.4 is 10.9 Å². The molecule has 0 spiro atoms. The molecule has 2 aromatic rings. The third kappa shape index (κ3) is 3.18. The van der Waals surface area contributed by atoms with Gasteiger partial charge in [-0.3, -0.25) is 9.78 Å². The molecule has 0 aromatic carbocycles. The SMILES string of the molecule is N#Cc1cnc2ccc(=O)n(CCNC3CCCCC3)c2c1. The highest BCUT2D eigenvalue weighted by Crippen LogP contribution is 2.17. The number of nitriles is 1. The number of pyridine rings is 2. The highest BCUT2D eigenvalue weighted by atomic mass is 16.1. The van der Waals surface area contributed by atoms with Crippen molar-refractivity contribution in [2.24, 2.45) is 0 Å². The number of hydrogen-bond acceptors (Lipinski definition) is 4. The Kier molecular flexibility index (Phi) is 4.50. The van der Waals surface area contributed by atoms with Gasteiger partial charge in [-0.25, -0.2) is 0 Å². The molecule has 114 valence electrons. The van der Waals surface area contributed by atoms with E-state index in [-0.39, 0.29) is 5.56 Å². The molecule has 0 saturated heterocycles. The lowest BCUT2D eigenvalue weighted by Crippen LogP contribution is -2.35. The summed E-state index contributed by atoms with van der Waals surface area (Å²) in [5.74, 6) is 0. The molecule has 5 heteroatoms. The first-order valence-electron chi connectivity index (χ1n) is 7.91. The van der Waals surface area contributed by atoms with Gasteiger partial charge in [0.1, 0.15) is 6.07 Å². The van der Waals surface area contributed by atoms with Gasteiger partial charge in [-0.2, -0.15) is 5.26 Å². The number of rotatable bonds is 4. The number of hydrogen-bond donors (Lipinski definition) is 1. The standard InChI is InChI=1S/C17H20N4O/c18-11-13-10-16-15(20-12-13)6-7-17(22)21(16)9-8-19-14-4-2-1-3-5-14/h6-7,10,12,14,19H,1-5,8-9H2. The van der Waals surface area contributed by atoms with E-state index in [9.17, 15) is 4.79 Å². The van der Waals surface area contributed by atoms with E-state index in [4.69, 9.17) is 5.26 Å². The summed E-state index contributed by atoms with van der Waals surface area (Å²) in [6.07, 6.45) is 7.92. The van der Waals surface area contributed by atoms with Gasteiger partial charge in [0, 0.05) is 31.4 Å². The molecule has 5 nitrogen and oxygen atoms in total. The topological polar surface area (TPSA) is 70.7 Å². The van der Waals surface area contributed by atoms with Crippen LogP contribution in [0, 0.1) is 11.3 Å². The highest BCUT2D eigenvalue weighted by Gasteiger charge is 2.12. The summed E-state index contributed by atoms with van der Waals surface area (Å²) >= 11 is 0. The molecule has 1 aliphatic rings. The predicted octanol–water partition coefficient (Wildman–Crippen LogP) is 2.19. The molecule has 1 fully saturated rings. The Labute approximate surface area is 129 Å². The van der Waals surface area contributed by atoms with E-state index in [0.717, 1.165) is 17.6 Å². The fourth-order valence-electron chi connectivity index (χ4n) is 3.15. The second kappa shape index (κ2) is 6.71. The van der Waals surface area contributed by atoms with E-state index in [2.05, 4.69) is 16.4 Å². The van der Waals surface area contributed by atoms with Crippen molar-refractivity contribution < 1.29 is 0 Å². The van der Waals surface area contributed by atoms with Gasteiger partial charge in [0.2, 0.25) is 0 Å². The van der Waals surface area contributed by atoms with Gasteiger partial charge in [0.15, 0.2) is 0 Å². The molecule has 22 heavy (non-hydrogen) atoms. The lowest BCUT2D eigenvalue weighted by molar-refractivity contribution is 0.368. The largest absolute Gasteiger partial charge is 0.312 e. The Morgan fingerprint density at radius 1 is 1.32 bits per heavy atom. The van der Waals surface area contributed by atoms with E-state index in [1.54, 1.807) is 22.8 Å². The normalized spacial score (nSPS) is 15.8. The predicted molar refractivity (Wildman–Crippen MR) is 85.6 cm³/mol. The molecule has 1 N–H and O–H groups in total. The van der Waals surface area contributed by atoms with E-state index in [1.165, 1.54) is 38.3 Å². The molecule has 2 heterocycles. The zero-order chi connectivity index (χ0) is 15.4. The van der Waals surface area contributed by atoms with E-state index in [1.807, 2.05) is 0 Å². The molecule has 2 aromatic heterocycles. The number of nitrogens with zero attached hydrogens (tertiary/aromatic N) is 3. The Morgan fingerprint density at radius 3 is 2.91 bits per heavy atom. The molecule has 0 bridgehead atoms. The van der Waals surface area contributed by atoms with Gasteiger partial charge in [-0.05, 0) is 25.0 Å². The zero-order valence-corrected chi connectivity index (χ0v) is 12.6. The smallest absolute Gasteiger partial charge is 0.251 e. The van der Waals surface area contributed by atoms with Crippen molar-refractivity contribution in [1.82, 2.24) is 14.9 Å². The molecular weight excluding hydrogens is 276 g/mol. The van der Waals surface area contributed by atoms with Crippen LogP contribution in [0.2, 0.25) is 0 Å². The summed E-state index contributed by atoms with van der Waals surface area (Å²) in [4.78, 5) is 16.4. The van der Waals surface area contributed by atoms with Crippen LogP contribution in [0.3, 0.4) is 0 Å². The van der Waals surface area contributed by atoms with Crippen molar-refractivity contribution in [3.8, 4) is 6.07 Å².